The van der Waals surface area contributed by atoms with E-state index in [0.29, 0.717) is 10.0 Å². The van der Waals surface area contributed by atoms with E-state index in [0.717, 1.165) is 10.2 Å². The van der Waals surface area contributed by atoms with Gasteiger partial charge in [-0.25, -0.2) is 14.8 Å². The number of hydrogen-bond acceptors (Lipinski definition) is 6. The Morgan fingerprint density at radius 2 is 2.11 bits per heavy atom. The second-order valence-corrected chi connectivity index (χ2v) is 5.38. The van der Waals surface area contributed by atoms with E-state index in [1.54, 1.807) is 6.07 Å². The van der Waals surface area contributed by atoms with Crippen LogP contribution in [0.1, 0.15) is 10.5 Å². The summed E-state index contributed by atoms with van der Waals surface area (Å²) in [6, 6.07) is 4.63. The Bertz CT molecular complexity index is 748. The molecule has 3 rings (SSSR count). The predicted octanol–water partition coefficient (Wildman–Crippen LogP) is 2.19. The number of rotatable bonds is 2. The van der Waals surface area contributed by atoms with Crippen LogP contribution in [0.25, 0.3) is 20.2 Å². The van der Waals surface area contributed by atoms with Gasteiger partial charge in [-0.3, -0.25) is 0 Å². The number of carboxylic acids is 1. The first-order chi connectivity index (χ1) is 8.63. The molecule has 1 N–H and O–H groups in total. The van der Waals surface area contributed by atoms with Crippen LogP contribution in [0.2, 0.25) is 0 Å². The molecule has 0 atom stereocenters. The van der Waals surface area contributed by atoms with E-state index in [-0.39, 0.29) is 11.4 Å². The number of hydrogen-bond donors (Lipinski definition) is 1. The molecule has 0 bridgehead atoms. The fourth-order valence-electron chi connectivity index (χ4n) is 1.47. The summed E-state index contributed by atoms with van der Waals surface area (Å²) in [4.78, 5) is 19.1. The van der Waals surface area contributed by atoms with Crippen molar-refractivity contribution < 1.29 is 15.0 Å². The molecule has 18 heavy (non-hydrogen) atoms. The molecule has 0 spiro atoms. The Balaban J connectivity index is 2.10. The van der Waals surface area contributed by atoms with Crippen molar-refractivity contribution in [2.45, 2.75) is 0 Å². The zero-order valence-corrected chi connectivity index (χ0v) is 10.4. The Hall–Kier alpha value is -1.99. The molecular weight excluding hydrogens is 272 g/mol. The molecule has 7 heteroatoms. The normalized spacial score (nSPS) is 10.9. The number of aromatic carboxylic acids is 1. The maximum absolute atomic E-state index is 11.2. The fraction of sp³-hybridized carbons (Fsp3) is 0. The number of thiazole rings is 2. The van der Waals surface area contributed by atoms with Crippen molar-refractivity contribution in [1.29, 1.82) is 0 Å². The van der Waals surface area contributed by atoms with Crippen molar-refractivity contribution in [3.63, 3.8) is 0 Å². The van der Waals surface area contributed by atoms with Crippen LogP contribution in [0, 0.1) is 0 Å². The quantitative estimate of drug-likeness (QED) is 0.776. The average molecular weight is 277 g/mol. The second kappa shape index (κ2) is 4.04. The van der Waals surface area contributed by atoms with Crippen molar-refractivity contribution in [3.05, 3.63) is 29.3 Å². The topological polar surface area (TPSA) is 86.1 Å². The van der Waals surface area contributed by atoms with E-state index in [4.69, 9.17) is 5.11 Å². The van der Waals surface area contributed by atoms with Gasteiger partial charge in [0.15, 0.2) is 15.7 Å². The molecule has 0 fully saturated rings. The summed E-state index contributed by atoms with van der Waals surface area (Å²) in [5.41, 5.74) is 0.737. The third kappa shape index (κ3) is 1.83. The highest BCUT2D eigenvalue weighted by Gasteiger charge is 2.13. The number of carboxylic acid groups (broad SMARTS) is 1. The first kappa shape index (κ1) is 11.1. The van der Waals surface area contributed by atoms with Crippen LogP contribution >= 0.6 is 22.7 Å². The Morgan fingerprint density at radius 3 is 2.83 bits per heavy atom. The molecule has 0 radical (unpaired) electrons. The molecular formula is C11H5N2O3S2-. The smallest absolute Gasteiger partial charge is 0.355 e. The predicted molar refractivity (Wildman–Crippen MR) is 67.1 cm³/mol. The van der Waals surface area contributed by atoms with Crippen LogP contribution in [-0.2, 0) is 0 Å². The summed E-state index contributed by atoms with van der Waals surface area (Å²) >= 11 is 2.56. The van der Waals surface area contributed by atoms with E-state index in [2.05, 4.69) is 9.97 Å². The van der Waals surface area contributed by atoms with E-state index in [1.165, 1.54) is 40.2 Å². The van der Waals surface area contributed by atoms with Gasteiger partial charge in [-0.15, -0.1) is 28.4 Å². The Kier molecular flexibility index (Phi) is 2.49. The van der Waals surface area contributed by atoms with Gasteiger partial charge < -0.3 is 10.2 Å². The molecule has 0 unspecified atom stereocenters. The van der Waals surface area contributed by atoms with E-state index in [1.807, 2.05) is 0 Å². The minimum Gasteiger partial charge on any atom is -0.872 e. The highest BCUT2D eigenvalue weighted by Crippen LogP contribution is 2.33. The van der Waals surface area contributed by atoms with Gasteiger partial charge in [0.2, 0.25) is 0 Å². The van der Waals surface area contributed by atoms with Gasteiger partial charge in [-0.2, -0.15) is 0 Å². The lowest BCUT2D eigenvalue weighted by Gasteiger charge is -2.00. The fourth-order valence-corrected chi connectivity index (χ4v) is 3.29. The number of benzene rings is 1. The molecule has 2 aromatic heterocycles. The number of aromatic nitrogens is 2. The second-order valence-electron chi connectivity index (χ2n) is 3.49. The van der Waals surface area contributed by atoms with E-state index < -0.39 is 5.97 Å². The number of fused-ring (bicyclic) bond motifs is 1. The molecule has 2 heterocycles. The third-order valence-electron chi connectivity index (χ3n) is 2.27. The minimum atomic E-state index is -1.06. The van der Waals surface area contributed by atoms with Crippen molar-refractivity contribution in [3.8, 4) is 15.8 Å². The lowest BCUT2D eigenvalue weighted by molar-refractivity contribution is -0.268. The molecule has 0 aliphatic rings. The Morgan fingerprint density at radius 1 is 1.28 bits per heavy atom. The lowest BCUT2D eigenvalue weighted by atomic mass is 10.3. The summed E-state index contributed by atoms with van der Waals surface area (Å²) in [5, 5.41) is 22.7. The molecule has 1 aromatic carbocycles. The molecule has 3 aromatic rings. The maximum Gasteiger partial charge on any atom is 0.355 e. The minimum absolute atomic E-state index is 0.0128. The van der Waals surface area contributed by atoms with Crippen LogP contribution in [0.3, 0.4) is 0 Å². The standard InChI is InChI=1S/C11H6N2O3S2/c14-5-1-2-6-8(3-5)18-10(12-6)9-13-7(4-17-9)11(15)16/h1-4,14H,(H,15,16)/p-1. The molecule has 0 saturated carbocycles. The van der Waals surface area contributed by atoms with Crippen LogP contribution in [0.5, 0.6) is 5.75 Å². The SMILES string of the molecule is O=C(O)c1csc(-c2nc3ccc([O-])cc3s2)n1. The zero-order valence-electron chi connectivity index (χ0n) is 8.78. The first-order valence-corrected chi connectivity index (χ1v) is 6.60. The molecule has 5 nitrogen and oxygen atoms in total. The molecule has 0 amide bonds. The summed E-state index contributed by atoms with van der Waals surface area (Å²) in [7, 11) is 0. The summed E-state index contributed by atoms with van der Waals surface area (Å²) in [5.74, 6) is -1.12. The van der Waals surface area contributed by atoms with Gasteiger partial charge >= 0.3 is 5.97 Å². The summed E-state index contributed by atoms with van der Waals surface area (Å²) in [6.07, 6.45) is 0. The van der Waals surface area contributed by atoms with Crippen molar-refractivity contribution >= 4 is 38.9 Å². The Labute approximate surface area is 109 Å². The van der Waals surface area contributed by atoms with Crippen molar-refractivity contribution in [1.82, 2.24) is 9.97 Å². The summed E-state index contributed by atoms with van der Waals surface area (Å²) < 4.78 is 0.782. The van der Waals surface area contributed by atoms with Gasteiger partial charge in [-0.1, -0.05) is 12.1 Å². The van der Waals surface area contributed by atoms with Gasteiger partial charge in [0.1, 0.15) is 0 Å². The highest BCUT2D eigenvalue weighted by molar-refractivity contribution is 7.25. The van der Waals surface area contributed by atoms with Crippen LogP contribution in [-0.4, -0.2) is 21.0 Å². The van der Waals surface area contributed by atoms with Crippen LogP contribution < -0.4 is 5.11 Å². The van der Waals surface area contributed by atoms with Gasteiger partial charge in [-0.05, 0) is 6.07 Å². The van der Waals surface area contributed by atoms with Crippen LogP contribution in [0.15, 0.2) is 23.6 Å². The average Bonchev–Trinajstić information content (AvgIpc) is 2.93. The zero-order chi connectivity index (χ0) is 12.7. The number of carbonyl (C=O) groups is 1. The van der Waals surface area contributed by atoms with E-state index >= 15 is 0 Å². The maximum atomic E-state index is 11.2. The largest absolute Gasteiger partial charge is 0.872 e. The third-order valence-corrected chi connectivity index (χ3v) is 4.27. The van der Waals surface area contributed by atoms with Crippen molar-refractivity contribution in [2.75, 3.05) is 0 Å². The number of nitrogens with zero attached hydrogens (tertiary/aromatic N) is 2. The van der Waals surface area contributed by atoms with Gasteiger partial charge in [0, 0.05) is 5.38 Å². The van der Waals surface area contributed by atoms with E-state index in [9.17, 15) is 9.90 Å². The van der Waals surface area contributed by atoms with Crippen molar-refractivity contribution in [2.24, 2.45) is 0 Å². The highest BCUT2D eigenvalue weighted by atomic mass is 32.1. The van der Waals surface area contributed by atoms with Crippen LogP contribution in [0.4, 0.5) is 0 Å². The first-order valence-electron chi connectivity index (χ1n) is 4.90. The monoisotopic (exact) mass is 277 g/mol. The van der Waals surface area contributed by atoms with Gasteiger partial charge in [0.05, 0.1) is 10.2 Å². The molecule has 0 aliphatic carbocycles. The molecule has 0 saturated heterocycles. The lowest BCUT2D eigenvalue weighted by Crippen LogP contribution is -1.95. The van der Waals surface area contributed by atoms with Gasteiger partial charge in [0.25, 0.3) is 0 Å². The summed E-state index contributed by atoms with van der Waals surface area (Å²) in [6.45, 7) is 0. The molecule has 90 valence electrons. The molecule has 0 aliphatic heterocycles.